The predicted molar refractivity (Wildman–Crippen MR) is 123 cm³/mol. The molecule has 0 amide bonds. The fourth-order valence-corrected chi connectivity index (χ4v) is 5.13. The first-order valence-corrected chi connectivity index (χ1v) is 11.7. The van der Waals surface area contributed by atoms with Crippen molar-refractivity contribution in [3.05, 3.63) is 84.9 Å². The summed E-state index contributed by atoms with van der Waals surface area (Å²) in [4.78, 5) is 0.382. The van der Waals surface area contributed by atoms with Crippen LogP contribution in [-0.2, 0) is 10.0 Å². The molecule has 8 heteroatoms. The van der Waals surface area contributed by atoms with Crippen molar-refractivity contribution in [3.8, 4) is 5.75 Å². The molecule has 4 aromatic rings. The molecule has 0 aliphatic heterocycles. The van der Waals surface area contributed by atoms with E-state index < -0.39 is 15.8 Å². The smallest absolute Gasteiger partial charge is 0.261 e. The van der Waals surface area contributed by atoms with E-state index in [-0.39, 0.29) is 27.8 Å². The van der Waals surface area contributed by atoms with Crippen LogP contribution >= 0.6 is 11.8 Å². The number of anilines is 1. The third-order valence-corrected chi connectivity index (χ3v) is 7.17. The Morgan fingerprint density at radius 1 is 1.00 bits per heavy atom. The minimum Gasteiger partial charge on any atom is -0.512 e. The van der Waals surface area contributed by atoms with Gasteiger partial charge in [0.15, 0.2) is 0 Å². The lowest BCUT2D eigenvalue weighted by atomic mass is 10.1. The Morgan fingerprint density at radius 3 is 2.45 bits per heavy atom. The van der Waals surface area contributed by atoms with Crippen molar-refractivity contribution in [3.63, 3.8) is 0 Å². The van der Waals surface area contributed by atoms with E-state index >= 15 is 0 Å². The number of aromatic hydroxyl groups is 1. The molecule has 0 heterocycles. The first-order valence-electron chi connectivity index (χ1n) is 9.21. The molecular formula is C23H18FNO4S2. The molecule has 0 bridgehead atoms. The van der Waals surface area contributed by atoms with Crippen molar-refractivity contribution in [2.45, 2.75) is 9.79 Å². The number of rotatable bonds is 6. The number of phenols is 1. The number of hydrogen-bond acceptors (Lipinski definition) is 5. The van der Waals surface area contributed by atoms with Gasteiger partial charge in [0.2, 0.25) is 0 Å². The van der Waals surface area contributed by atoms with Crippen molar-refractivity contribution in [2.75, 3.05) is 10.5 Å². The second-order valence-corrected chi connectivity index (χ2v) is 9.63. The highest BCUT2D eigenvalue weighted by Crippen LogP contribution is 2.40. The van der Waals surface area contributed by atoms with Gasteiger partial charge in [0, 0.05) is 10.8 Å². The number of nitrogens with one attached hydrogen (secondary N) is 1. The minimum atomic E-state index is -4.00. The van der Waals surface area contributed by atoms with E-state index in [2.05, 4.69) is 11.3 Å². The zero-order valence-electron chi connectivity index (χ0n) is 16.2. The quantitative estimate of drug-likeness (QED) is 0.194. The van der Waals surface area contributed by atoms with Crippen LogP contribution in [0.25, 0.3) is 21.5 Å². The molecular weight excluding hydrogens is 437 g/mol. The Morgan fingerprint density at radius 2 is 1.71 bits per heavy atom. The number of hydrogen-bond donors (Lipinski definition) is 3. The molecule has 4 rings (SSSR count). The van der Waals surface area contributed by atoms with E-state index in [4.69, 9.17) is 0 Å². The molecule has 0 atom stereocenters. The van der Waals surface area contributed by atoms with Gasteiger partial charge >= 0.3 is 0 Å². The van der Waals surface area contributed by atoms with Crippen LogP contribution in [0.2, 0.25) is 0 Å². The molecule has 0 aliphatic carbocycles. The normalized spacial score (nSPS) is 11.6. The molecule has 0 aliphatic rings. The molecule has 31 heavy (non-hydrogen) atoms. The Hall–Kier alpha value is -3.23. The molecule has 158 valence electrons. The summed E-state index contributed by atoms with van der Waals surface area (Å²) in [5, 5.41) is 22.2. The first-order chi connectivity index (χ1) is 14.7. The maximum atomic E-state index is 13.6. The number of aliphatic hydroxyl groups excluding tert-OH is 1. The van der Waals surface area contributed by atoms with Crippen LogP contribution in [0.4, 0.5) is 10.1 Å². The summed E-state index contributed by atoms with van der Waals surface area (Å²) in [5.74, 6) is -0.380. The molecule has 0 radical (unpaired) electrons. The van der Waals surface area contributed by atoms with E-state index in [1.807, 2.05) is 0 Å². The Kier molecular flexibility index (Phi) is 5.51. The second-order valence-electron chi connectivity index (χ2n) is 6.93. The van der Waals surface area contributed by atoms with Gasteiger partial charge in [-0.05, 0) is 41.1 Å². The molecule has 0 saturated carbocycles. The number of halogens is 1. The molecule has 0 saturated heterocycles. The molecule has 0 unspecified atom stereocenters. The van der Waals surface area contributed by atoms with Gasteiger partial charge in [-0.3, -0.25) is 4.72 Å². The van der Waals surface area contributed by atoms with Crippen LogP contribution in [0, 0.1) is 5.82 Å². The summed E-state index contributed by atoms with van der Waals surface area (Å²) in [6.45, 7) is 3.43. The molecule has 0 spiro atoms. The summed E-state index contributed by atoms with van der Waals surface area (Å²) in [6, 6.07) is 17.0. The lowest BCUT2D eigenvalue weighted by molar-refractivity contribution is 0.420. The fraction of sp³-hybridized carbons (Fsp3) is 0.0435. The third kappa shape index (κ3) is 4.30. The molecule has 0 aromatic heterocycles. The summed E-state index contributed by atoms with van der Waals surface area (Å²) in [5.41, 5.74) is 0.277. The van der Waals surface area contributed by atoms with Crippen molar-refractivity contribution in [1.29, 1.82) is 0 Å². The highest BCUT2D eigenvalue weighted by atomic mass is 32.2. The van der Waals surface area contributed by atoms with Crippen LogP contribution in [0.1, 0.15) is 0 Å². The number of sulfonamides is 1. The van der Waals surface area contributed by atoms with Crippen molar-refractivity contribution < 1.29 is 23.0 Å². The van der Waals surface area contributed by atoms with Crippen molar-refractivity contribution in [1.82, 2.24) is 0 Å². The number of thioether (sulfide) groups is 1. The topological polar surface area (TPSA) is 86.6 Å². The van der Waals surface area contributed by atoms with E-state index in [9.17, 15) is 23.0 Å². The molecule has 0 fully saturated rings. The molecule has 5 nitrogen and oxygen atoms in total. The number of benzene rings is 4. The zero-order chi connectivity index (χ0) is 22.2. The van der Waals surface area contributed by atoms with Gasteiger partial charge in [0.05, 0.1) is 27.0 Å². The maximum Gasteiger partial charge on any atom is 0.261 e. The predicted octanol–water partition coefficient (Wildman–Crippen LogP) is 5.80. The summed E-state index contributed by atoms with van der Waals surface area (Å²) < 4.78 is 42.4. The van der Waals surface area contributed by atoms with Gasteiger partial charge in [0.1, 0.15) is 11.6 Å². The van der Waals surface area contributed by atoms with Crippen molar-refractivity contribution in [2.24, 2.45) is 0 Å². The number of phenolic OH excluding ortho intramolecular Hbond substituents is 1. The molecule has 3 N–H and O–H groups in total. The van der Waals surface area contributed by atoms with Gasteiger partial charge in [0.25, 0.3) is 10.0 Å². The monoisotopic (exact) mass is 455 g/mol. The van der Waals surface area contributed by atoms with E-state index in [1.165, 1.54) is 30.3 Å². The summed E-state index contributed by atoms with van der Waals surface area (Å²) in [6.07, 6.45) is 0. The van der Waals surface area contributed by atoms with E-state index in [0.717, 1.165) is 17.1 Å². The Labute approximate surface area is 182 Å². The van der Waals surface area contributed by atoms with E-state index in [0.29, 0.717) is 21.1 Å². The van der Waals surface area contributed by atoms with E-state index in [1.54, 1.807) is 36.4 Å². The Balaban J connectivity index is 1.79. The standard InChI is InChI=1S/C23H18FNO4S2/c1-14(26)13-30-22-12-21(19-4-2-3-5-20(19)23(22)27)25-31(28,29)18-9-7-15-6-8-17(24)10-16(15)11-18/h2-12,25-27H,1,13H2. The van der Waals surface area contributed by atoms with Crippen molar-refractivity contribution >= 4 is 49.0 Å². The maximum absolute atomic E-state index is 13.6. The van der Waals surface area contributed by atoms with Crippen LogP contribution in [0.3, 0.4) is 0 Å². The van der Waals surface area contributed by atoms with Gasteiger partial charge < -0.3 is 10.2 Å². The van der Waals surface area contributed by atoms with Gasteiger partial charge in [-0.2, -0.15) is 0 Å². The van der Waals surface area contributed by atoms with Crippen LogP contribution < -0.4 is 4.72 Å². The zero-order valence-corrected chi connectivity index (χ0v) is 17.8. The van der Waals surface area contributed by atoms with Gasteiger partial charge in [-0.25, -0.2) is 12.8 Å². The highest BCUT2D eigenvalue weighted by Gasteiger charge is 2.19. The lowest BCUT2D eigenvalue weighted by Gasteiger charge is -2.15. The van der Waals surface area contributed by atoms with Gasteiger partial charge in [-0.1, -0.05) is 43.0 Å². The second kappa shape index (κ2) is 8.13. The fourth-order valence-electron chi connectivity index (χ4n) is 3.26. The summed E-state index contributed by atoms with van der Waals surface area (Å²) in [7, 11) is -4.00. The Bertz CT molecular complexity index is 1430. The van der Waals surface area contributed by atoms with Crippen LogP contribution in [0.5, 0.6) is 5.75 Å². The average molecular weight is 456 g/mol. The van der Waals surface area contributed by atoms with Crippen LogP contribution in [-0.4, -0.2) is 24.4 Å². The average Bonchev–Trinajstić information content (AvgIpc) is 2.74. The SMILES string of the molecule is C=C(O)CSc1cc(NS(=O)(=O)c2ccc3ccc(F)cc3c2)c2ccccc2c1O. The third-order valence-electron chi connectivity index (χ3n) is 4.70. The number of aliphatic hydroxyl groups is 1. The first kappa shape index (κ1) is 21.0. The minimum absolute atomic E-state index is 0.00835. The molecule has 4 aromatic carbocycles. The van der Waals surface area contributed by atoms with Crippen LogP contribution in [0.15, 0.2) is 88.9 Å². The highest BCUT2D eigenvalue weighted by molar-refractivity contribution is 7.99. The van der Waals surface area contributed by atoms with Gasteiger partial charge in [-0.15, -0.1) is 11.8 Å². The number of fused-ring (bicyclic) bond motifs is 2. The summed E-state index contributed by atoms with van der Waals surface area (Å²) >= 11 is 1.13. The largest absolute Gasteiger partial charge is 0.512 e. The lowest BCUT2D eigenvalue weighted by Crippen LogP contribution is -2.13.